The van der Waals surface area contributed by atoms with Crippen LogP contribution in [0, 0.1) is 0 Å². The lowest BCUT2D eigenvalue weighted by atomic mass is 10.1. The highest BCUT2D eigenvalue weighted by Crippen LogP contribution is 2.11. The first-order chi connectivity index (χ1) is 9.31. The van der Waals surface area contributed by atoms with Crippen LogP contribution in [0.5, 0.6) is 0 Å². The molecule has 4 heteroatoms. The molecule has 1 aromatic carbocycles. The van der Waals surface area contributed by atoms with Gasteiger partial charge in [0.05, 0.1) is 18.2 Å². The summed E-state index contributed by atoms with van der Waals surface area (Å²) in [4.78, 5) is 14.0. The molecule has 1 unspecified atom stereocenters. The van der Waals surface area contributed by atoms with Crippen molar-refractivity contribution in [3.8, 4) is 0 Å². The number of hydrogen-bond donors (Lipinski definition) is 2. The van der Waals surface area contributed by atoms with Crippen molar-refractivity contribution in [2.75, 3.05) is 19.6 Å². The fourth-order valence-electron chi connectivity index (χ4n) is 2.14. The van der Waals surface area contributed by atoms with E-state index in [1.54, 1.807) is 13.8 Å². The van der Waals surface area contributed by atoms with Crippen LogP contribution >= 0.6 is 0 Å². The number of hydrogen-bond acceptors (Lipinski definition) is 3. The molecule has 0 aliphatic rings. The molecular weight excluding hydrogens is 252 g/mol. The van der Waals surface area contributed by atoms with E-state index in [0.717, 1.165) is 12.1 Å². The Hall–Kier alpha value is -1.39. The maximum Gasteiger partial charge on any atom is 0.234 e. The number of nitrogens with one attached hydrogen (secondary N) is 1. The van der Waals surface area contributed by atoms with Crippen molar-refractivity contribution in [2.24, 2.45) is 0 Å². The maximum absolute atomic E-state index is 12.0. The molecule has 0 bridgehead atoms. The molecule has 1 rings (SSSR count). The van der Waals surface area contributed by atoms with Crippen LogP contribution in [0.3, 0.4) is 0 Å². The molecule has 20 heavy (non-hydrogen) atoms. The minimum atomic E-state index is -0.790. The highest BCUT2D eigenvalue weighted by atomic mass is 16.3. The number of carbonyl (C=O) groups excluding carboxylic acids is 1. The summed E-state index contributed by atoms with van der Waals surface area (Å²) < 4.78 is 0. The van der Waals surface area contributed by atoms with E-state index in [0.29, 0.717) is 13.1 Å². The zero-order chi connectivity index (χ0) is 15.2. The molecule has 1 atom stereocenters. The molecule has 1 amide bonds. The summed E-state index contributed by atoms with van der Waals surface area (Å²) in [5.41, 5.74) is 0.299. The van der Waals surface area contributed by atoms with E-state index in [1.807, 2.05) is 49.1 Å². The third-order valence-corrected chi connectivity index (χ3v) is 3.10. The Bertz CT molecular complexity index is 412. The number of likely N-dealkylation sites (N-methyl/N-ethyl adjacent to an activating group) is 1. The second kappa shape index (κ2) is 7.41. The predicted molar refractivity (Wildman–Crippen MR) is 81.4 cm³/mol. The van der Waals surface area contributed by atoms with Gasteiger partial charge in [-0.1, -0.05) is 37.3 Å². The van der Waals surface area contributed by atoms with Gasteiger partial charge in [-0.25, -0.2) is 0 Å². The van der Waals surface area contributed by atoms with Crippen LogP contribution < -0.4 is 5.32 Å². The Kier molecular flexibility index (Phi) is 6.17. The standard InChI is InChI=1S/C16H26N2O2/c1-5-18(12-16(3,4)20)11-15(19)17-13(2)14-9-7-6-8-10-14/h6-10,13,20H,5,11-12H2,1-4H3,(H,17,19). The lowest BCUT2D eigenvalue weighted by molar-refractivity contribution is -0.123. The summed E-state index contributed by atoms with van der Waals surface area (Å²) in [5, 5.41) is 12.8. The molecule has 0 spiro atoms. The van der Waals surface area contributed by atoms with Gasteiger partial charge in [-0.2, -0.15) is 0 Å². The van der Waals surface area contributed by atoms with Gasteiger partial charge in [-0.15, -0.1) is 0 Å². The lowest BCUT2D eigenvalue weighted by Crippen LogP contribution is -2.44. The van der Waals surface area contributed by atoms with Crippen LogP contribution in [0.4, 0.5) is 0 Å². The molecule has 0 saturated heterocycles. The minimum absolute atomic E-state index is 0.00968. The third kappa shape index (κ3) is 6.17. The van der Waals surface area contributed by atoms with Gasteiger partial charge in [0.25, 0.3) is 0 Å². The highest BCUT2D eigenvalue weighted by Gasteiger charge is 2.19. The topological polar surface area (TPSA) is 52.6 Å². The number of amides is 1. The Morgan fingerprint density at radius 1 is 1.35 bits per heavy atom. The normalized spacial score (nSPS) is 13.3. The van der Waals surface area contributed by atoms with Crippen molar-refractivity contribution >= 4 is 5.91 Å². The molecule has 112 valence electrons. The van der Waals surface area contributed by atoms with Crippen LogP contribution in [0.1, 0.15) is 39.3 Å². The Morgan fingerprint density at radius 3 is 2.45 bits per heavy atom. The second-order valence-corrected chi connectivity index (χ2v) is 5.82. The first-order valence-corrected chi connectivity index (χ1v) is 7.11. The van der Waals surface area contributed by atoms with Gasteiger partial charge in [0.15, 0.2) is 0 Å². The largest absolute Gasteiger partial charge is 0.389 e. The third-order valence-electron chi connectivity index (χ3n) is 3.10. The highest BCUT2D eigenvalue weighted by molar-refractivity contribution is 5.78. The predicted octanol–water partition coefficient (Wildman–Crippen LogP) is 1.96. The molecule has 0 fully saturated rings. The summed E-state index contributed by atoms with van der Waals surface area (Å²) >= 11 is 0. The number of carbonyl (C=O) groups is 1. The van der Waals surface area contributed by atoms with Crippen LogP contribution in [0.15, 0.2) is 30.3 Å². The van der Waals surface area contributed by atoms with Crippen LogP contribution in [-0.2, 0) is 4.79 Å². The van der Waals surface area contributed by atoms with Crippen molar-refractivity contribution in [2.45, 2.75) is 39.3 Å². The van der Waals surface area contributed by atoms with E-state index in [9.17, 15) is 9.90 Å². The number of rotatable bonds is 7. The van der Waals surface area contributed by atoms with Gasteiger partial charge in [0, 0.05) is 6.54 Å². The molecule has 0 heterocycles. The average molecular weight is 278 g/mol. The maximum atomic E-state index is 12.0. The Balaban J connectivity index is 2.50. The number of aliphatic hydroxyl groups is 1. The van der Waals surface area contributed by atoms with Gasteiger partial charge in [-0.05, 0) is 32.9 Å². The molecule has 1 aromatic rings. The van der Waals surface area contributed by atoms with Crippen molar-refractivity contribution in [3.63, 3.8) is 0 Å². The fraction of sp³-hybridized carbons (Fsp3) is 0.562. The first-order valence-electron chi connectivity index (χ1n) is 7.11. The van der Waals surface area contributed by atoms with E-state index in [4.69, 9.17) is 0 Å². The molecule has 0 saturated carbocycles. The minimum Gasteiger partial charge on any atom is -0.389 e. The lowest BCUT2D eigenvalue weighted by Gasteiger charge is -2.27. The zero-order valence-electron chi connectivity index (χ0n) is 12.9. The van der Waals surface area contributed by atoms with Crippen molar-refractivity contribution in [1.29, 1.82) is 0 Å². The van der Waals surface area contributed by atoms with Crippen molar-refractivity contribution < 1.29 is 9.90 Å². The van der Waals surface area contributed by atoms with Gasteiger partial charge < -0.3 is 10.4 Å². The van der Waals surface area contributed by atoms with Gasteiger partial charge in [-0.3, -0.25) is 9.69 Å². The van der Waals surface area contributed by atoms with Crippen molar-refractivity contribution in [1.82, 2.24) is 10.2 Å². The molecule has 0 aromatic heterocycles. The van der Waals surface area contributed by atoms with E-state index >= 15 is 0 Å². The van der Waals surface area contributed by atoms with Crippen LogP contribution in [0.25, 0.3) is 0 Å². The average Bonchev–Trinajstić information content (AvgIpc) is 2.37. The van der Waals surface area contributed by atoms with E-state index in [1.165, 1.54) is 0 Å². The smallest absolute Gasteiger partial charge is 0.234 e. The van der Waals surface area contributed by atoms with Gasteiger partial charge >= 0.3 is 0 Å². The summed E-state index contributed by atoms with van der Waals surface area (Å²) in [6.45, 7) is 8.98. The van der Waals surface area contributed by atoms with Crippen LogP contribution in [0.2, 0.25) is 0 Å². The first kappa shape index (κ1) is 16.7. The molecule has 0 radical (unpaired) electrons. The van der Waals surface area contributed by atoms with E-state index in [2.05, 4.69) is 5.32 Å². The summed E-state index contributed by atoms with van der Waals surface area (Å²) in [6, 6.07) is 9.87. The number of nitrogens with zero attached hydrogens (tertiary/aromatic N) is 1. The summed E-state index contributed by atoms with van der Waals surface area (Å²) in [5.74, 6) is -0.0209. The molecule has 0 aliphatic heterocycles. The SMILES string of the molecule is CCN(CC(=O)NC(C)c1ccccc1)CC(C)(C)O. The Morgan fingerprint density at radius 2 is 1.95 bits per heavy atom. The fourth-order valence-corrected chi connectivity index (χ4v) is 2.14. The summed E-state index contributed by atoms with van der Waals surface area (Å²) in [6.07, 6.45) is 0. The van der Waals surface area contributed by atoms with E-state index in [-0.39, 0.29) is 11.9 Å². The van der Waals surface area contributed by atoms with Crippen LogP contribution in [-0.4, -0.2) is 41.1 Å². The monoisotopic (exact) mass is 278 g/mol. The summed E-state index contributed by atoms with van der Waals surface area (Å²) in [7, 11) is 0. The quantitative estimate of drug-likeness (QED) is 0.801. The molecule has 4 nitrogen and oxygen atoms in total. The molecular formula is C16H26N2O2. The second-order valence-electron chi connectivity index (χ2n) is 5.82. The van der Waals surface area contributed by atoms with Gasteiger partial charge in [0.2, 0.25) is 5.91 Å². The van der Waals surface area contributed by atoms with Gasteiger partial charge in [0.1, 0.15) is 0 Å². The Labute approximate surface area is 121 Å². The number of benzene rings is 1. The molecule has 0 aliphatic carbocycles. The van der Waals surface area contributed by atoms with E-state index < -0.39 is 5.60 Å². The zero-order valence-corrected chi connectivity index (χ0v) is 12.9. The molecule has 2 N–H and O–H groups in total. The van der Waals surface area contributed by atoms with Crippen molar-refractivity contribution in [3.05, 3.63) is 35.9 Å².